The fraction of sp³-hybridized carbons (Fsp3) is 0.316. The Morgan fingerprint density at radius 1 is 1.21 bits per heavy atom. The van der Waals surface area contributed by atoms with Crippen LogP contribution in [0.2, 0.25) is 5.02 Å². The SMILES string of the molecule is CC(C)Oc1cc(OCCCl)cc2ncnc(Nc3c(Cl)cnc4c3OCO4)c12. The van der Waals surface area contributed by atoms with Crippen molar-refractivity contribution in [2.24, 2.45) is 0 Å². The second kappa shape index (κ2) is 8.34. The van der Waals surface area contributed by atoms with Gasteiger partial charge >= 0.3 is 0 Å². The predicted molar refractivity (Wildman–Crippen MR) is 110 cm³/mol. The fourth-order valence-corrected chi connectivity index (χ4v) is 3.14. The Bertz CT molecular complexity index is 1050. The lowest BCUT2D eigenvalue weighted by molar-refractivity contribution is 0.171. The van der Waals surface area contributed by atoms with Crippen LogP contribution in [0.5, 0.6) is 23.1 Å². The molecule has 0 saturated carbocycles. The van der Waals surface area contributed by atoms with Crippen LogP contribution in [0, 0.1) is 0 Å². The number of hydrogen-bond donors (Lipinski definition) is 1. The lowest BCUT2D eigenvalue weighted by Crippen LogP contribution is -2.08. The van der Waals surface area contributed by atoms with Crippen molar-refractivity contribution in [3.05, 3.63) is 29.7 Å². The number of hydrogen-bond acceptors (Lipinski definition) is 8. The van der Waals surface area contributed by atoms with Crippen LogP contribution in [0.4, 0.5) is 11.5 Å². The Morgan fingerprint density at radius 2 is 2.07 bits per heavy atom. The quantitative estimate of drug-likeness (QED) is 0.539. The van der Waals surface area contributed by atoms with Crippen molar-refractivity contribution >= 4 is 45.6 Å². The molecule has 1 aromatic carbocycles. The van der Waals surface area contributed by atoms with Crippen molar-refractivity contribution in [2.45, 2.75) is 20.0 Å². The number of pyridine rings is 1. The number of alkyl halides is 1. The molecule has 0 aliphatic carbocycles. The summed E-state index contributed by atoms with van der Waals surface area (Å²) in [4.78, 5) is 12.9. The Hall–Kier alpha value is -2.71. The van der Waals surface area contributed by atoms with E-state index in [1.54, 1.807) is 12.1 Å². The number of benzene rings is 1. The van der Waals surface area contributed by atoms with E-state index in [1.165, 1.54) is 12.5 Å². The molecule has 0 atom stereocenters. The number of anilines is 2. The van der Waals surface area contributed by atoms with Crippen LogP contribution in [0.15, 0.2) is 24.7 Å². The maximum atomic E-state index is 6.35. The molecule has 152 valence electrons. The molecule has 1 aliphatic heterocycles. The molecule has 0 unspecified atom stereocenters. The molecule has 2 aromatic heterocycles. The predicted octanol–water partition coefficient (Wildman–Crippen LogP) is 4.56. The minimum atomic E-state index is -0.0694. The highest BCUT2D eigenvalue weighted by Gasteiger charge is 2.24. The number of ether oxygens (including phenoxy) is 4. The Morgan fingerprint density at radius 3 is 2.86 bits per heavy atom. The van der Waals surface area contributed by atoms with E-state index in [0.717, 1.165) is 0 Å². The molecule has 0 bridgehead atoms. The van der Waals surface area contributed by atoms with Crippen LogP contribution in [-0.2, 0) is 0 Å². The van der Waals surface area contributed by atoms with E-state index >= 15 is 0 Å². The Labute approximate surface area is 177 Å². The average Bonchev–Trinajstić information content (AvgIpc) is 3.17. The summed E-state index contributed by atoms with van der Waals surface area (Å²) in [5.74, 6) is 2.86. The van der Waals surface area contributed by atoms with Gasteiger partial charge in [-0.3, -0.25) is 0 Å². The van der Waals surface area contributed by atoms with Gasteiger partial charge in [-0.25, -0.2) is 15.0 Å². The molecule has 10 heteroatoms. The Balaban J connectivity index is 1.82. The van der Waals surface area contributed by atoms with Gasteiger partial charge in [-0.15, -0.1) is 11.6 Å². The third kappa shape index (κ3) is 4.04. The molecule has 1 aliphatic rings. The summed E-state index contributed by atoms with van der Waals surface area (Å²) in [6, 6.07) is 3.60. The standard InChI is InChI=1S/C19H18Cl2N4O4/c1-10(2)29-14-6-11(26-4-3-20)5-13-15(14)18(24-8-23-13)25-16-12(21)7-22-19-17(16)27-9-28-19/h5-8,10H,3-4,9H2,1-2H3,(H,22,23,24,25). The lowest BCUT2D eigenvalue weighted by atomic mass is 10.2. The van der Waals surface area contributed by atoms with Gasteiger partial charge in [0.2, 0.25) is 12.5 Å². The molecular weight excluding hydrogens is 419 g/mol. The highest BCUT2D eigenvalue weighted by molar-refractivity contribution is 6.33. The molecular formula is C19H18Cl2N4O4. The molecule has 0 saturated heterocycles. The van der Waals surface area contributed by atoms with Gasteiger partial charge in [0.1, 0.15) is 35.9 Å². The van der Waals surface area contributed by atoms with Crippen molar-refractivity contribution in [3.8, 4) is 23.1 Å². The van der Waals surface area contributed by atoms with Gasteiger partial charge in [-0.2, -0.15) is 0 Å². The van der Waals surface area contributed by atoms with Crippen molar-refractivity contribution in [3.63, 3.8) is 0 Å². The van der Waals surface area contributed by atoms with Crippen LogP contribution < -0.4 is 24.3 Å². The van der Waals surface area contributed by atoms with Gasteiger partial charge in [0.15, 0.2) is 0 Å². The van der Waals surface area contributed by atoms with Gasteiger partial charge in [0, 0.05) is 12.1 Å². The highest BCUT2D eigenvalue weighted by atomic mass is 35.5. The minimum Gasteiger partial charge on any atom is -0.492 e. The molecule has 3 aromatic rings. The summed E-state index contributed by atoms with van der Waals surface area (Å²) in [7, 11) is 0. The highest BCUT2D eigenvalue weighted by Crippen LogP contribution is 2.44. The molecule has 0 spiro atoms. The lowest BCUT2D eigenvalue weighted by Gasteiger charge is -2.17. The molecule has 8 nitrogen and oxygen atoms in total. The van der Waals surface area contributed by atoms with E-state index in [0.29, 0.717) is 63.0 Å². The molecule has 4 rings (SSSR count). The molecule has 3 heterocycles. The van der Waals surface area contributed by atoms with E-state index in [4.69, 9.17) is 42.1 Å². The molecule has 29 heavy (non-hydrogen) atoms. The second-order valence-corrected chi connectivity index (χ2v) is 7.17. The summed E-state index contributed by atoms with van der Waals surface area (Å²) in [6.45, 7) is 4.32. The van der Waals surface area contributed by atoms with E-state index in [2.05, 4.69) is 20.3 Å². The largest absolute Gasteiger partial charge is 0.492 e. The minimum absolute atomic E-state index is 0.0694. The number of fused-ring (bicyclic) bond motifs is 2. The number of nitrogens with zero attached hydrogens (tertiary/aromatic N) is 3. The first-order chi connectivity index (χ1) is 14.1. The average molecular weight is 437 g/mol. The Kier molecular flexibility index (Phi) is 5.64. The second-order valence-electron chi connectivity index (χ2n) is 6.39. The zero-order valence-electron chi connectivity index (χ0n) is 15.7. The normalized spacial score (nSPS) is 12.4. The summed E-state index contributed by atoms with van der Waals surface area (Å²) < 4.78 is 22.5. The smallest absolute Gasteiger partial charge is 0.262 e. The summed E-state index contributed by atoms with van der Waals surface area (Å²) in [5.41, 5.74) is 1.15. The van der Waals surface area contributed by atoms with Gasteiger partial charge in [-0.05, 0) is 13.8 Å². The van der Waals surface area contributed by atoms with Crippen molar-refractivity contribution in [1.29, 1.82) is 0 Å². The van der Waals surface area contributed by atoms with Crippen molar-refractivity contribution < 1.29 is 18.9 Å². The zero-order valence-corrected chi connectivity index (χ0v) is 17.3. The first-order valence-corrected chi connectivity index (χ1v) is 9.83. The molecule has 1 N–H and O–H groups in total. The van der Waals surface area contributed by atoms with Crippen LogP contribution >= 0.6 is 23.2 Å². The van der Waals surface area contributed by atoms with Gasteiger partial charge in [0.05, 0.1) is 34.1 Å². The maximum Gasteiger partial charge on any atom is 0.262 e. The summed E-state index contributed by atoms with van der Waals surface area (Å²) in [5, 5.41) is 4.27. The summed E-state index contributed by atoms with van der Waals surface area (Å²) >= 11 is 12.1. The molecule has 0 amide bonds. The van der Waals surface area contributed by atoms with Gasteiger partial charge in [0.25, 0.3) is 5.88 Å². The molecule has 0 radical (unpaired) electrons. The number of rotatable bonds is 7. The number of aromatic nitrogens is 3. The third-order valence-electron chi connectivity index (χ3n) is 3.98. The first kappa shape index (κ1) is 19.6. The first-order valence-electron chi connectivity index (χ1n) is 8.92. The van der Waals surface area contributed by atoms with Gasteiger partial charge < -0.3 is 24.3 Å². The van der Waals surface area contributed by atoms with Gasteiger partial charge in [-0.1, -0.05) is 11.6 Å². The van der Waals surface area contributed by atoms with Crippen molar-refractivity contribution in [2.75, 3.05) is 24.6 Å². The fourth-order valence-electron chi connectivity index (χ4n) is 2.88. The number of halogens is 2. The van der Waals surface area contributed by atoms with E-state index in [1.807, 2.05) is 13.8 Å². The van der Waals surface area contributed by atoms with E-state index in [-0.39, 0.29) is 12.9 Å². The topological polar surface area (TPSA) is 87.6 Å². The van der Waals surface area contributed by atoms with Crippen LogP contribution in [-0.4, -0.2) is 40.3 Å². The zero-order chi connectivity index (χ0) is 20.4. The van der Waals surface area contributed by atoms with Crippen LogP contribution in [0.1, 0.15) is 13.8 Å². The summed E-state index contributed by atoms with van der Waals surface area (Å²) in [6.07, 6.45) is 2.87. The van der Waals surface area contributed by atoms with E-state index < -0.39 is 0 Å². The third-order valence-corrected chi connectivity index (χ3v) is 4.42. The number of nitrogens with one attached hydrogen (secondary N) is 1. The molecule has 0 fully saturated rings. The maximum absolute atomic E-state index is 6.35. The van der Waals surface area contributed by atoms with E-state index in [9.17, 15) is 0 Å². The van der Waals surface area contributed by atoms with Crippen LogP contribution in [0.3, 0.4) is 0 Å². The van der Waals surface area contributed by atoms with Crippen LogP contribution in [0.25, 0.3) is 10.9 Å². The van der Waals surface area contributed by atoms with Crippen molar-refractivity contribution in [1.82, 2.24) is 15.0 Å². The monoisotopic (exact) mass is 436 g/mol.